The summed E-state index contributed by atoms with van der Waals surface area (Å²) in [6.07, 6.45) is 12.9. The smallest absolute Gasteiger partial charge is 0.180 e. The molecule has 0 amide bonds. The van der Waals surface area contributed by atoms with E-state index in [1.807, 2.05) is 6.07 Å². The first-order valence-electron chi connectivity index (χ1n) is 22.6. The van der Waals surface area contributed by atoms with Crippen molar-refractivity contribution < 1.29 is 4.42 Å². The summed E-state index contributed by atoms with van der Waals surface area (Å²) in [5.41, 5.74) is 14.2. The Morgan fingerprint density at radius 2 is 0.954 bits per heavy atom. The highest BCUT2D eigenvalue weighted by Crippen LogP contribution is 2.46. The lowest BCUT2D eigenvalue weighted by Crippen LogP contribution is -2.02. The number of nitrogens with zero attached hydrogens (tertiary/aromatic N) is 4. The summed E-state index contributed by atoms with van der Waals surface area (Å²) in [4.78, 5) is 21.5. The quantitative estimate of drug-likeness (QED) is 0.165. The van der Waals surface area contributed by atoms with Crippen molar-refractivity contribution in [3.63, 3.8) is 0 Å². The van der Waals surface area contributed by atoms with Gasteiger partial charge in [0.05, 0.1) is 16.6 Å². The Balaban J connectivity index is 0.987. The molecule has 0 saturated carbocycles. The van der Waals surface area contributed by atoms with Gasteiger partial charge in [-0.2, -0.15) is 0 Å². The van der Waals surface area contributed by atoms with Crippen molar-refractivity contribution in [3.8, 4) is 45.3 Å². The average molecular weight is 831 g/mol. The van der Waals surface area contributed by atoms with Gasteiger partial charge >= 0.3 is 0 Å². The summed E-state index contributed by atoms with van der Waals surface area (Å²) in [5, 5.41) is 11.7. The maximum Gasteiger partial charge on any atom is 0.180 e. The van der Waals surface area contributed by atoms with E-state index in [2.05, 4.69) is 176 Å². The van der Waals surface area contributed by atoms with Crippen LogP contribution in [0.25, 0.3) is 134 Å². The molecule has 0 N–H and O–H groups in total. The number of aromatic nitrogens is 4. The fourth-order valence-electron chi connectivity index (χ4n) is 10.8. The second kappa shape index (κ2) is 14.1. The number of aryl methyl sites for hydroxylation is 1. The molecule has 304 valence electrons. The SMILES string of the molecule is C1=Cc2c(c(-c3nc(-c4ccc(-c5nc(-c6cc7ccccc7c7ccccc67)c6ccccc6n5)cc4)nc4c3oc3c5c(c6ccccc6c34)C=CCC5)cc3ccccc23)CC1. The van der Waals surface area contributed by atoms with Crippen LogP contribution in [0.15, 0.2) is 174 Å². The number of hydrogen-bond acceptors (Lipinski definition) is 5. The molecule has 3 aromatic heterocycles. The van der Waals surface area contributed by atoms with E-state index in [1.54, 1.807) is 0 Å². The van der Waals surface area contributed by atoms with Gasteiger partial charge in [0.2, 0.25) is 0 Å². The second-order valence-corrected chi connectivity index (χ2v) is 17.4. The highest BCUT2D eigenvalue weighted by atomic mass is 16.3. The van der Waals surface area contributed by atoms with Crippen LogP contribution in [-0.4, -0.2) is 19.9 Å². The first-order valence-corrected chi connectivity index (χ1v) is 22.6. The van der Waals surface area contributed by atoms with Crippen LogP contribution >= 0.6 is 0 Å². The minimum atomic E-state index is 0.652. The van der Waals surface area contributed by atoms with Gasteiger partial charge < -0.3 is 4.42 Å². The number of hydrogen-bond donors (Lipinski definition) is 0. The third-order valence-electron chi connectivity index (χ3n) is 13.8. The van der Waals surface area contributed by atoms with Crippen molar-refractivity contribution in [2.75, 3.05) is 0 Å². The number of para-hydroxylation sites is 1. The highest BCUT2D eigenvalue weighted by molar-refractivity contribution is 6.22. The van der Waals surface area contributed by atoms with Gasteiger partial charge in [-0.1, -0.05) is 164 Å². The summed E-state index contributed by atoms with van der Waals surface area (Å²) in [5.74, 6) is 1.32. The predicted molar refractivity (Wildman–Crippen MR) is 269 cm³/mol. The molecule has 0 atom stereocenters. The van der Waals surface area contributed by atoms with E-state index in [-0.39, 0.29) is 0 Å². The minimum absolute atomic E-state index is 0.652. The van der Waals surface area contributed by atoms with Crippen LogP contribution in [-0.2, 0) is 12.8 Å². The summed E-state index contributed by atoms with van der Waals surface area (Å²) in [7, 11) is 0. The molecule has 3 heterocycles. The molecule has 5 nitrogen and oxygen atoms in total. The lowest BCUT2D eigenvalue weighted by atomic mass is 9.86. The number of fused-ring (bicyclic) bond motifs is 15. The zero-order valence-corrected chi connectivity index (χ0v) is 35.3. The molecule has 0 radical (unpaired) electrons. The summed E-state index contributed by atoms with van der Waals surface area (Å²) >= 11 is 0. The Bertz CT molecular complexity index is 4060. The molecule has 9 aromatic carbocycles. The Morgan fingerprint density at radius 1 is 0.400 bits per heavy atom. The molecular formula is C60H38N4O. The molecule has 12 aromatic rings. The normalized spacial score (nSPS) is 13.5. The van der Waals surface area contributed by atoms with E-state index >= 15 is 0 Å². The van der Waals surface area contributed by atoms with Crippen molar-refractivity contribution in [2.45, 2.75) is 25.7 Å². The molecule has 14 rings (SSSR count). The van der Waals surface area contributed by atoms with E-state index in [0.29, 0.717) is 11.6 Å². The monoisotopic (exact) mass is 830 g/mol. The predicted octanol–water partition coefficient (Wildman–Crippen LogP) is 15.5. The van der Waals surface area contributed by atoms with E-state index in [1.165, 1.54) is 60.0 Å². The fraction of sp³-hybridized carbons (Fsp3) is 0.0667. The molecule has 0 unspecified atom stereocenters. The van der Waals surface area contributed by atoms with Gasteiger partial charge in [-0.3, -0.25) is 0 Å². The van der Waals surface area contributed by atoms with Crippen LogP contribution in [0.5, 0.6) is 0 Å². The van der Waals surface area contributed by atoms with Crippen LogP contribution in [0.2, 0.25) is 0 Å². The first-order chi connectivity index (χ1) is 32.2. The Hall–Kier alpha value is -8.28. The average Bonchev–Trinajstić information content (AvgIpc) is 3.78. The summed E-state index contributed by atoms with van der Waals surface area (Å²) < 4.78 is 7.16. The van der Waals surface area contributed by atoms with Crippen LogP contribution in [0, 0.1) is 0 Å². The van der Waals surface area contributed by atoms with E-state index in [0.717, 1.165) is 97.7 Å². The molecule has 0 spiro atoms. The van der Waals surface area contributed by atoms with Crippen molar-refractivity contribution in [1.29, 1.82) is 0 Å². The standard InChI is InChI=1S/C60H38N4O/c1-3-17-39-37(15-1)33-50(45-23-7-5-19-41(39)45)54-49-27-13-14-28-52(49)61-59(62-54)35-29-31-36(32-30-35)60-63-55(51-34-38-16-2-4-18-40(38)42-20-6-8-24-46(42)51)58-56(64-60)53-47-25-11-9-21-43(47)44-22-10-12-26-48(44)57(53)65-58/h1-7,9-11,13-23,25,27-34H,8,12,24,26H2. The molecule has 5 heteroatoms. The number of furan rings is 1. The third-order valence-corrected chi connectivity index (χ3v) is 13.8. The van der Waals surface area contributed by atoms with Gasteiger partial charge in [-0.25, -0.2) is 19.9 Å². The molecule has 0 bridgehead atoms. The van der Waals surface area contributed by atoms with E-state index in [9.17, 15) is 0 Å². The van der Waals surface area contributed by atoms with Gasteiger partial charge in [0.1, 0.15) is 16.8 Å². The van der Waals surface area contributed by atoms with Crippen LogP contribution in [0.4, 0.5) is 0 Å². The fourth-order valence-corrected chi connectivity index (χ4v) is 10.8. The van der Waals surface area contributed by atoms with Crippen molar-refractivity contribution in [3.05, 3.63) is 192 Å². The topological polar surface area (TPSA) is 64.7 Å². The molecular weight excluding hydrogens is 793 g/mol. The van der Waals surface area contributed by atoms with Crippen LogP contribution < -0.4 is 0 Å². The zero-order valence-electron chi connectivity index (χ0n) is 35.3. The van der Waals surface area contributed by atoms with Crippen molar-refractivity contribution >= 4 is 88.2 Å². The zero-order chi connectivity index (χ0) is 42.6. The van der Waals surface area contributed by atoms with Gasteiger partial charge in [0, 0.05) is 33.2 Å². The van der Waals surface area contributed by atoms with Crippen LogP contribution in [0.1, 0.15) is 35.1 Å². The molecule has 0 fully saturated rings. The first kappa shape index (κ1) is 36.2. The molecule has 2 aliphatic rings. The number of allylic oxidation sites excluding steroid dienone is 2. The van der Waals surface area contributed by atoms with Gasteiger partial charge in [-0.15, -0.1) is 0 Å². The largest absolute Gasteiger partial charge is 0.452 e. The second-order valence-electron chi connectivity index (χ2n) is 17.4. The van der Waals surface area contributed by atoms with Crippen LogP contribution in [0.3, 0.4) is 0 Å². The Labute approximate surface area is 374 Å². The minimum Gasteiger partial charge on any atom is -0.452 e. The third kappa shape index (κ3) is 5.52. The molecule has 0 aliphatic heterocycles. The van der Waals surface area contributed by atoms with E-state index in [4.69, 9.17) is 24.4 Å². The summed E-state index contributed by atoms with van der Waals surface area (Å²) in [6, 6.07) is 56.0. The maximum absolute atomic E-state index is 7.16. The molecule has 0 saturated heterocycles. The van der Waals surface area contributed by atoms with Gasteiger partial charge in [0.25, 0.3) is 0 Å². The maximum atomic E-state index is 7.16. The van der Waals surface area contributed by atoms with Gasteiger partial charge in [0.15, 0.2) is 17.2 Å². The highest BCUT2D eigenvalue weighted by Gasteiger charge is 2.27. The van der Waals surface area contributed by atoms with Crippen molar-refractivity contribution in [1.82, 2.24) is 19.9 Å². The lowest BCUT2D eigenvalue weighted by Gasteiger charge is -2.19. The van der Waals surface area contributed by atoms with Crippen molar-refractivity contribution in [2.24, 2.45) is 0 Å². The van der Waals surface area contributed by atoms with E-state index < -0.39 is 0 Å². The molecule has 2 aliphatic carbocycles. The Morgan fingerprint density at radius 3 is 1.72 bits per heavy atom. The lowest BCUT2D eigenvalue weighted by molar-refractivity contribution is 0.660. The Kier molecular flexibility index (Phi) is 7.87. The molecule has 65 heavy (non-hydrogen) atoms. The number of benzene rings is 9. The summed E-state index contributed by atoms with van der Waals surface area (Å²) in [6.45, 7) is 0. The van der Waals surface area contributed by atoms with Gasteiger partial charge in [-0.05, 0) is 104 Å². The number of rotatable bonds is 4.